The van der Waals surface area contributed by atoms with Crippen LogP contribution in [0.25, 0.3) is 0 Å². The first-order chi connectivity index (χ1) is 13.8. The van der Waals surface area contributed by atoms with Crippen molar-refractivity contribution >= 4 is 22.9 Å². The first-order valence-corrected chi connectivity index (χ1v) is 9.39. The van der Waals surface area contributed by atoms with Crippen LogP contribution in [0.15, 0.2) is 36.5 Å². The Kier molecular flexibility index (Phi) is 6.26. The molecule has 1 aliphatic heterocycles. The highest BCUT2D eigenvalue weighted by atomic mass is 19.4. The SMILES string of the molecule is CCC(=N)c1c(N2CCCC(O)C2)ccnc1Nc1ccc(OC(F)(F)F)cc1. The lowest BCUT2D eigenvalue weighted by Gasteiger charge is -2.33. The second kappa shape index (κ2) is 8.69. The summed E-state index contributed by atoms with van der Waals surface area (Å²) >= 11 is 0. The zero-order valence-electron chi connectivity index (χ0n) is 16.0. The number of piperidine rings is 1. The molecule has 9 heteroatoms. The van der Waals surface area contributed by atoms with Crippen LogP contribution in [0.2, 0.25) is 0 Å². The fourth-order valence-corrected chi connectivity index (χ4v) is 3.33. The zero-order valence-corrected chi connectivity index (χ0v) is 16.0. The van der Waals surface area contributed by atoms with Crippen molar-refractivity contribution in [3.63, 3.8) is 0 Å². The molecule has 156 valence electrons. The summed E-state index contributed by atoms with van der Waals surface area (Å²) in [6.07, 6.45) is -1.45. The molecule has 2 heterocycles. The molecular formula is C20H23F3N4O2. The van der Waals surface area contributed by atoms with Gasteiger partial charge in [-0.3, -0.25) is 0 Å². The van der Waals surface area contributed by atoms with Crippen LogP contribution in [0.1, 0.15) is 31.7 Å². The molecule has 1 atom stereocenters. The number of alkyl halides is 3. The number of ether oxygens (including phenoxy) is 1. The summed E-state index contributed by atoms with van der Waals surface area (Å²) in [6, 6.07) is 7.17. The number of nitrogens with zero attached hydrogens (tertiary/aromatic N) is 2. The Morgan fingerprint density at radius 2 is 2.03 bits per heavy atom. The molecule has 2 aromatic rings. The standard InChI is InChI=1S/C20H23F3N4O2/c1-2-16(24)18-17(27-11-3-4-14(28)12-27)9-10-25-19(18)26-13-5-7-15(8-6-13)29-20(21,22)23/h5-10,14,24,28H,2-4,11-12H2,1H3,(H,25,26). The zero-order chi connectivity index (χ0) is 21.0. The van der Waals surface area contributed by atoms with Gasteiger partial charge < -0.3 is 25.5 Å². The van der Waals surface area contributed by atoms with Gasteiger partial charge in [-0.2, -0.15) is 0 Å². The van der Waals surface area contributed by atoms with Gasteiger partial charge in [-0.15, -0.1) is 13.2 Å². The van der Waals surface area contributed by atoms with E-state index < -0.39 is 12.5 Å². The predicted octanol–water partition coefficient (Wildman–Crippen LogP) is 4.46. The van der Waals surface area contributed by atoms with E-state index in [1.165, 1.54) is 24.3 Å². The van der Waals surface area contributed by atoms with E-state index in [2.05, 4.69) is 15.0 Å². The highest BCUT2D eigenvalue weighted by Crippen LogP contribution is 2.32. The van der Waals surface area contributed by atoms with E-state index in [1.807, 2.05) is 17.9 Å². The van der Waals surface area contributed by atoms with Crippen LogP contribution in [-0.2, 0) is 0 Å². The second-order valence-electron chi connectivity index (χ2n) is 6.83. The van der Waals surface area contributed by atoms with Gasteiger partial charge in [0.05, 0.1) is 17.4 Å². The van der Waals surface area contributed by atoms with Gasteiger partial charge in [0, 0.05) is 30.7 Å². The summed E-state index contributed by atoms with van der Waals surface area (Å²) in [4.78, 5) is 6.39. The van der Waals surface area contributed by atoms with Crippen LogP contribution in [-0.4, -0.2) is 41.4 Å². The molecule has 0 bridgehead atoms. The molecule has 29 heavy (non-hydrogen) atoms. The molecule has 0 saturated carbocycles. The number of aromatic nitrogens is 1. The molecule has 0 radical (unpaired) electrons. The van der Waals surface area contributed by atoms with E-state index in [0.717, 1.165) is 25.1 Å². The van der Waals surface area contributed by atoms with Crippen molar-refractivity contribution in [2.24, 2.45) is 0 Å². The monoisotopic (exact) mass is 408 g/mol. The largest absolute Gasteiger partial charge is 0.573 e. The van der Waals surface area contributed by atoms with Crippen LogP contribution in [0.5, 0.6) is 5.75 Å². The van der Waals surface area contributed by atoms with E-state index in [9.17, 15) is 18.3 Å². The first-order valence-electron chi connectivity index (χ1n) is 9.39. The molecule has 1 aliphatic rings. The Morgan fingerprint density at radius 1 is 1.31 bits per heavy atom. The number of nitrogens with one attached hydrogen (secondary N) is 2. The summed E-state index contributed by atoms with van der Waals surface area (Å²) in [7, 11) is 0. The minimum atomic E-state index is -4.74. The van der Waals surface area contributed by atoms with Crippen molar-refractivity contribution in [3.05, 3.63) is 42.1 Å². The lowest BCUT2D eigenvalue weighted by Crippen LogP contribution is -2.39. The van der Waals surface area contributed by atoms with Crippen LogP contribution < -0.4 is 15.0 Å². The predicted molar refractivity (Wildman–Crippen MR) is 105 cm³/mol. The quantitative estimate of drug-likeness (QED) is 0.615. The van der Waals surface area contributed by atoms with Gasteiger partial charge in [-0.25, -0.2) is 4.98 Å². The topological polar surface area (TPSA) is 81.5 Å². The smallest absolute Gasteiger partial charge is 0.406 e. The van der Waals surface area contributed by atoms with E-state index in [1.54, 1.807) is 6.20 Å². The van der Waals surface area contributed by atoms with Gasteiger partial charge in [0.15, 0.2) is 0 Å². The summed E-state index contributed by atoms with van der Waals surface area (Å²) in [5, 5.41) is 21.5. The molecule has 1 saturated heterocycles. The number of hydrogen-bond acceptors (Lipinski definition) is 6. The number of aliphatic hydroxyl groups excluding tert-OH is 1. The van der Waals surface area contributed by atoms with Crippen LogP contribution in [0.4, 0.5) is 30.4 Å². The molecule has 0 amide bonds. The minimum Gasteiger partial charge on any atom is -0.406 e. The maximum Gasteiger partial charge on any atom is 0.573 e. The first kappa shape index (κ1) is 20.9. The van der Waals surface area contributed by atoms with E-state index in [0.29, 0.717) is 35.7 Å². The molecule has 1 unspecified atom stereocenters. The molecule has 0 aliphatic carbocycles. The number of hydrogen-bond donors (Lipinski definition) is 3. The second-order valence-corrected chi connectivity index (χ2v) is 6.83. The number of rotatable bonds is 6. The van der Waals surface area contributed by atoms with Gasteiger partial charge in [0.25, 0.3) is 0 Å². The lowest BCUT2D eigenvalue weighted by atomic mass is 10.0. The Hall–Kier alpha value is -2.81. The number of β-amino-alcohol motifs (C(OH)–C–C–N with tert-alkyl or cyclic N) is 1. The Bertz CT molecular complexity index is 856. The maximum atomic E-state index is 12.3. The third-order valence-corrected chi connectivity index (χ3v) is 4.67. The number of pyridine rings is 1. The Morgan fingerprint density at radius 3 is 2.66 bits per heavy atom. The highest BCUT2D eigenvalue weighted by molar-refractivity contribution is 6.07. The Labute approximate surface area is 166 Å². The van der Waals surface area contributed by atoms with Gasteiger partial charge in [-0.1, -0.05) is 6.92 Å². The van der Waals surface area contributed by atoms with E-state index in [4.69, 9.17) is 5.41 Å². The van der Waals surface area contributed by atoms with E-state index in [-0.39, 0.29) is 5.75 Å². The molecule has 1 fully saturated rings. The fraction of sp³-hybridized carbons (Fsp3) is 0.400. The van der Waals surface area contributed by atoms with E-state index >= 15 is 0 Å². The normalized spacial score (nSPS) is 17.1. The molecule has 1 aromatic heterocycles. The number of benzene rings is 1. The molecular weight excluding hydrogens is 385 g/mol. The van der Waals surface area contributed by atoms with Crippen molar-refractivity contribution < 1.29 is 23.0 Å². The summed E-state index contributed by atoms with van der Waals surface area (Å²) in [5.74, 6) is 0.132. The maximum absolute atomic E-state index is 12.3. The number of aliphatic hydroxyl groups is 1. The van der Waals surface area contributed by atoms with Crippen molar-refractivity contribution in [2.45, 2.75) is 38.7 Å². The highest BCUT2D eigenvalue weighted by Gasteiger charge is 2.31. The van der Waals surface area contributed by atoms with Gasteiger partial charge in [-0.05, 0) is 49.6 Å². The Balaban J connectivity index is 1.88. The third-order valence-electron chi connectivity index (χ3n) is 4.67. The lowest BCUT2D eigenvalue weighted by molar-refractivity contribution is -0.274. The average molecular weight is 408 g/mol. The van der Waals surface area contributed by atoms with Crippen molar-refractivity contribution in [1.82, 2.24) is 4.98 Å². The minimum absolute atomic E-state index is 0.311. The summed E-state index contributed by atoms with van der Waals surface area (Å²) in [5.41, 5.74) is 2.34. The fourth-order valence-electron chi connectivity index (χ4n) is 3.33. The van der Waals surface area contributed by atoms with Crippen molar-refractivity contribution in [1.29, 1.82) is 5.41 Å². The molecule has 0 spiro atoms. The summed E-state index contributed by atoms with van der Waals surface area (Å²) < 4.78 is 40.9. The molecule has 1 aromatic carbocycles. The van der Waals surface area contributed by atoms with Gasteiger partial charge in [0.1, 0.15) is 11.6 Å². The number of anilines is 3. The van der Waals surface area contributed by atoms with Gasteiger partial charge in [0.2, 0.25) is 0 Å². The van der Waals surface area contributed by atoms with Crippen LogP contribution in [0, 0.1) is 5.41 Å². The average Bonchev–Trinajstić information content (AvgIpc) is 2.67. The van der Waals surface area contributed by atoms with Gasteiger partial charge >= 0.3 is 6.36 Å². The molecule has 3 rings (SSSR count). The van der Waals surface area contributed by atoms with Crippen molar-refractivity contribution in [3.8, 4) is 5.75 Å². The molecule has 6 nitrogen and oxygen atoms in total. The number of halogens is 3. The third kappa shape index (κ3) is 5.38. The van der Waals surface area contributed by atoms with Crippen LogP contribution >= 0.6 is 0 Å². The summed E-state index contributed by atoms with van der Waals surface area (Å²) in [6.45, 7) is 3.13. The van der Waals surface area contributed by atoms with Crippen molar-refractivity contribution in [2.75, 3.05) is 23.3 Å². The van der Waals surface area contributed by atoms with Crippen LogP contribution in [0.3, 0.4) is 0 Å². The molecule has 3 N–H and O–H groups in total.